The van der Waals surface area contributed by atoms with Gasteiger partial charge in [-0.2, -0.15) is 0 Å². The SMILES string of the molecule is CC/C=C\C/C=C\C/C=C\C/C=C\C/C=C\CCCCCCCCCCCC(=O)OC(COC(=O)CCCCCCCCCCCCCCCCC/C=C\CCCCCCCCCC)COP(=O)(O)OCCN. The lowest BCUT2D eigenvalue weighted by Gasteiger charge is -2.19. The van der Waals surface area contributed by atoms with Crippen molar-refractivity contribution in [3.05, 3.63) is 72.9 Å². The van der Waals surface area contributed by atoms with E-state index in [2.05, 4.69) is 86.8 Å². The normalized spacial score (nSPS) is 13.5. The van der Waals surface area contributed by atoms with E-state index in [1.54, 1.807) is 0 Å². The minimum Gasteiger partial charge on any atom is -0.462 e. The largest absolute Gasteiger partial charge is 0.472 e. The number of esters is 2. The van der Waals surface area contributed by atoms with Gasteiger partial charge in [0.25, 0.3) is 0 Å². The van der Waals surface area contributed by atoms with Gasteiger partial charge in [-0.3, -0.25) is 18.6 Å². The summed E-state index contributed by atoms with van der Waals surface area (Å²) in [6, 6.07) is 0. The first-order valence-corrected chi connectivity index (χ1v) is 31.9. The Bertz CT molecular complexity index is 1420. The highest BCUT2D eigenvalue weighted by atomic mass is 31.2. The Hall–Kier alpha value is -2.55. The summed E-state index contributed by atoms with van der Waals surface area (Å²) in [5, 5.41) is 0. The maximum atomic E-state index is 12.7. The van der Waals surface area contributed by atoms with Gasteiger partial charge >= 0.3 is 19.8 Å². The lowest BCUT2D eigenvalue weighted by atomic mass is 10.0. The van der Waals surface area contributed by atoms with E-state index in [-0.39, 0.29) is 38.6 Å². The molecule has 0 rings (SSSR count). The molecule has 0 aromatic carbocycles. The third-order valence-electron chi connectivity index (χ3n) is 13.1. The molecule has 0 saturated carbocycles. The second-order valence-electron chi connectivity index (χ2n) is 20.2. The van der Waals surface area contributed by atoms with Gasteiger partial charge in [-0.1, -0.05) is 260 Å². The molecule has 0 bridgehead atoms. The zero-order chi connectivity index (χ0) is 53.1. The van der Waals surface area contributed by atoms with Crippen molar-refractivity contribution in [3.63, 3.8) is 0 Å². The highest BCUT2D eigenvalue weighted by molar-refractivity contribution is 7.47. The molecule has 0 aliphatic rings. The molecule has 73 heavy (non-hydrogen) atoms. The van der Waals surface area contributed by atoms with Crippen LogP contribution in [-0.4, -0.2) is 49.3 Å². The monoisotopic (exact) mass is 1040 g/mol. The fourth-order valence-electron chi connectivity index (χ4n) is 8.60. The van der Waals surface area contributed by atoms with Crippen molar-refractivity contribution < 1.29 is 37.6 Å². The van der Waals surface area contributed by atoms with E-state index in [4.69, 9.17) is 24.3 Å². The van der Waals surface area contributed by atoms with Gasteiger partial charge in [0, 0.05) is 19.4 Å². The number of carbonyl (C=O) groups is 2. The summed E-state index contributed by atoms with van der Waals surface area (Å²) in [6.45, 7) is 3.65. The predicted molar refractivity (Wildman–Crippen MR) is 312 cm³/mol. The molecular formula is C63H114NO8P. The molecule has 0 radical (unpaired) electrons. The molecule has 0 heterocycles. The van der Waals surface area contributed by atoms with E-state index in [1.165, 1.54) is 173 Å². The lowest BCUT2D eigenvalue weighted by molar-refractivity contribution is -0.161. The average molecular weight is 1040 g/mol. The Morgan fingerprint density at radius 3 is 1.14 bits per heavy atom. The molecule has 2 unspecified atom stereocenters. The molecule has 0 fully saturated rings. The van der Waals surface area contributed by atoms with E-state index >= 15 is 0 Å². The van der Waals surface area contributed by atoms with Gasteiger partial charge in [0.05, 0.1) is 13.2 Å². The molecule has 0 spiro atoms. The van der Waals surface area contributed by atoms with Gasteiger partial charge in [0.1, 0.15) is 6.61 Å². The van der Waals surface area contributed by atoms with Gasteiger partial charge in [0.2, 0.25) is 0 Å². The summed E-state index contributed by atoms with van der Waals surface area (Å²) in [7, 11) is -4.39. The van der Waals surface area contributed by atoms with Gasteiger partial charge in [-0.15, -0.1) is 0 Å². The van der Waals surface area contributed by atoms with Crippen LogP contribution in [0.4, 0.5) is 0 Å². The Kier molecular flexibility index (Phi) is 56.7. The number of allylic oxidation sites excluding steroid dienone is 12. The number of phosphoric acid groups is 1. The quantitative estimate of drug-likeness (QED) is 0.0264. The van der Waals surface area contributed by atoms with Crippen LogP contribution in [0.25, 0.3) is 0 Å². The number of carbonyl (C=O) groups excluding carboxylic acids is 2. The molecule has 0 aromatic rings. The molecule has 0 aromatic heterocycles. The van der Waals surface area contributed by atoms with Crippen molar-refractivity contribution in [1.82, 2.24) is 0 Å². The molecule has 424 valence electrons. The summed E-state index contributed by atoms with van der Waals surface area (Å²) in [5.41, 5.74) is 5.39. The Morgan fingerprint density at radius 1 is 0.425 bits per heavy atom. The van der Waals surface area contributed by atoms with E-state index in [1.807, 2.05) is 0 Å². The number of phosphoric ester groups is 1. The van der Waals surface area contributed by atoms with E-state index < -0.39 is 26.5 Å². The number of hydrogen-bond donors (Lipinski definition) is 2. The van der Waals surface area contributed by atoms with E-state index in [0.717, 1.165) is 77.0 Å². The lowest BCUT2D eigenvalue weighted by Crippen LogP contribution is -2.29. The zero-order valence-corrected chi connectivity index (χ0v) is 48.3. The summed E-state index contributed by atoms with van der Waals surface area (Å²) in [5.74, 6) is -0.828. The number of unbranched alkanes of at least 4 members (excludes halogenated alkanes) is 32. The molecule has 0 aliphatic carbocycles. The average Bonchev–Trinajstić information content (AvgIpc) is 3.38. The van der Waals surface area contributed by atoms with Crippen LogP contribution >= 0.6 is 7.82 Å². The van der Waals surface area contributed by atoms with Gasteiger partial charge in [-0.25, -0.2) is 4.57 Å². The van der Waals surface area contributed by atoms with Crippen molar-refractivity contribution >= 4 is 19.8 Å². The minimum atomic E-state index is -4.39. The first-order chi connectivity index (χ1) is 35.8. The molecule has 0 saturated heterocycles. The third kappa shape index (κ3) is 58.6. The van der Waals surface area contributed by atoms with Gasteiger partial charge in [0.15, 0.2) is 6.10 Å². The second-order valence-corrected chi connectivity index (χ2v) is 21.6. The van der Waals surface area contributed by atoms with E-state index in [0.29, 0.717) is 6.42 Å². The number of hydrogen-bond acceptors (Lipinski definition) is 8. The maximum absolute atomic E-state index is 12.7. The second kappa shape index (κ2) is 58.7. The first-order valence-electron chi connectivity index (χ1n) is 30.4. The van der Waals surface area contributed by atoms with Crippen LogP contribution in [0.3, 0.4) is 0 Å². The van der Waals surface area contributed by atoms with Crippen LogP contribution in [0, 0.1) is 0 Å². The van der Waals surface area contributed by atoms with Gasteiger partial charge < -0.3 is 20.1 Å². The van der Waals surface area contributed by atoms with Crippen molar-refractivity contribution in [2.45, 2.75) is 290 Å². The Morgan fingerprint density at radius 2 is 0.753 bits per heavy atom. The fraction of sp³-hybridized carbons (Fsp3) is 0.778. The Balaban J connectivity index is 3.95. The van der Waals surface area contributed by atoms with Gasteiger partial charge in [-0.05, 0) is 83.5 Å². The number of ether oxygens (including phenoxy) is 2. The van der Waals surface area contributed by atoms with Crippen molar-refractivity contribution in [3.8, 4) is 0 Å². The Labute approximate surface area is 450 Å². The molecule has 10 heteroatoms. The molecule has 0 aliphatic heterocycles. The zero-order valence-electron chi connectivity index (χ0n) is 47.4. The highest BCUT2D eigenvalue weighted by Gasteiger charge is 2.26. The molecule has 0 amide bonds. The van der Waals surface area contributed by atoms with Crippen LogP contribution in [0.1, 0.15) is 284 Å². The minimum absolute atomic E-state index is 0.0504. The highest BCUT2D eigenvalue weighted by Crippen LogP contribution is 2.43. The van der Waals surface area contributed by atoms with E-state index in [9.17, 15) is 19.0 Å². The topological polar surface area (TPSA) is 134 Å². The maximum Gasteiger partial charge on any atom is 0.472 e. The standard InChI is InChI=1S/C63H114NO8P/c1-3-5-7-9-11-13-15-17-19-21-23-25-27-29-30-32-33-35-37-39-41-43-45-47-49-51-53-55-62(65)69-59-61(60-71-73(67,68)70-58-57-64)72-63(66)56-54-52-50-48-46-44-42-40-38-36-34-31-28-26-24-22-20-18-16-14-12-10-8-6-4-2/h6,8,12,14,18,20-21,23-24,26,31,34,61H,3-5,7,9-11,13,15-17,19,22,25,27-30,32-33,35-60,64H2,1-2H3,(H,67,68)/b8-6-,14-12-,20-18-,23-21-,26-24-,34-31-. The summed E-state index contributed by atoms with van der Waals surface area (Å²) in [6.07, 6.45) is 75.3. The van der Waals surface area contributed by atoms with Crippen LogP contribution < -0.4 is 5.73 Å². The summed E-state index contributed by atoms with van der Waals surface area (Å²) in [4.78, 5) is 35.2. The predicted octanol–water partition coefficient (Wildman–Crippen LogP) is 19.3. The van der Waals surface area contributed by atoms with Crippen LogP contribution in [0.5, 0.6) is 0 Å². The van der Waals surface area contributed by atoms with Crippen LogP contribution in [0.2, 0.25) is 0 Å². The molecule has 9 nitrogen and oxygen atoms in total. The molecule has 3 N–H and O–H groups in total. The molecule has 2 atom stereocenters. The summed E-state index contributed by atoms with van der Waals surface area (Å²) >= 11 is 0. The van der Waals surface area contributed by atoms with Crippen molar-refractivity contribution in [2.75, 3.05) is 26.4 Å². The smallest absolute Gasteiger partial charge is 0.462 e. The third-order valence-corrected chi connectivity index (χ3v) is 14.1. The van der Waals surface area contributed by atoms with Crippen LogP contribution in [0.15, 0.2) is 72.9 Å². The number of rotatable bonds is 57. The van der Waals surface area contributed by atoms with Crippen molar-refractivity contribution in [1.29, 1.82) is 0 Å². The van der Waals surface area contributed by atoms with Crippen molar-refractivity contribution in [2.24, 2.45) is 5.73 Å². The van der Waals surface area contributed by atoms with Crippen LogP contribution in [-0.2, 0) is 32.7 Å². The first kappa shape index (κ1) is 70.5. The number of nitrogens with two attached hydrogens (primary N) is 1. The summed E-state index contributed by atoms with van der Waals surface area (Å²) < 4.78 is 33.1. The fourth-order valence-corrected chi connectivity index (χ4v) is 9.37. The molecular weight excluding hydrogens is 930 g/mol.